The molecule has 0 spiro atoms. The fourth-order valence-corrected chi connectivity index (χ4v) is 2.93. The average molecular weight is 315 g/mol. The average Bonchev–Trinajstić information content (AvgIpc) is 3.29. The maximum Gasteiger partial charge on any atom is 0.234 e. The van der Waals surface area contributed by atoms with Crippen LogP contribution in [0.15, 0.2) is 24.3 Å². The molecular weight excluding hydrogens is 290 g/mol. The predicted octanol–water partition coefficient (Wildman–Crippen LogP) is 1.42. The molecule has 1 heterocycles. The van der Waals surface area contributed by atoms with Crippen molar-refractivity contribution in [3.63, 3.8) is 0 Å². The molecule has 124 valence electrons. The minimum atomic E-state index is 0.0256. The van der Waals surface area contributed by atoms with Gasteiger partial charge in [-0.1, -0.05) is 24.3 Å². The molecule has 1 aromatic carbocycles. The van der Waals surface area contributed by atoms with Gasteiger partial charge in [0.05, 0.1) is 6.54 Å². The first-order chi connectivity index (χ1) is 11.2. The number of rotatable bonds is 8. The smallest absolute Gasteiger partial charge is 0.234 e. The summed E-state index contributed by atoms with van der Waals surface area (Å²) in [5, 5.41) is 6.16. The minimum absolute atomic E-state index is 0.0256. The van der Waals surface area contributed by atoms with E-state index >= 15 is 0 Å². The Labute approximate surface area is 137 Å². The summed E-state index contributed by atoms with van der Waals surface area (Å²) in [4.78, 5) is 25.6. The molecule has 2 aliphatic rings. The molecule has 0 atom stereocenters. The van der Waals surface area contributed by atoms with Crippen molar-refractivity contribution in [1.29, 1.82) is 0 Å². The summed E-state index contributed by atoms with van der Waals surface area (Å²) in [6.07, 6.45) is 4.18. The van der Waals surface area contributed by atoms with Gasteiger partial charge in [-0.15, -0.1) is 0 Å². The van der Waals surface area contributed by atoms with Crippen molar-refractivity contribution in [2.24, 2.45) is 5.92 Å². The van der Waals surface area contributed by atoms with Crippen molar-refractivity contribution in [3.05, 3.63) is 35.4 Å². The molecule has 0 bridgehead atoms. The van der Waals surface area contributed by atoms with Crippen LogP contribution in [0.4, 0.5) is 0 Å². The molecule has 2 amide bonds. The molecule has 1 aliphatic carbocycles. The van der Waals surface area contributed by atoms with Crippen LogP contribution in [0.25, 0.3) is 0 Å². The molecule has 5 nitrogen and oxygen atoms in total. The van der Waals surface area contributed by atoms with E-state index in [-0.39, 0.29) is 11.8 Å². The predicted molar refractivity (Wildman–Crippen MR) is 88.5 cm³/mol. The second-order valence-electron chi connectivity index (χ2n) is 6.54. The Morgan fingerprint density at radius 1 is 1.22 bits per heavy atom. The summed E-state index contributed by atoms with van der Waals surface area (Å²) in [6.45, 7) is 3.32. The zero-order valence-electron chi connectivity index (χ0n) is 13.5. The summed E-state index contributed by atoms with van der Waals surface area (Å²) in [6, 6.07) is 8.02. The first kappa shape index (κ1) is 16.0. The van der Waals surface area contributed by atoms with Gasteiger partial charge in [0.15, 0.2) is 0 Å². The standard InChI is InChI=1S/C18H25N3O2/c22-17(12-19-10-14-7-8-14)20-11-15-4-1-2-5-16(15)13-21-9-3-6-18(21)23/h1-2,4-5,14,19H,3,6-13H2,(H,20,22). The zero-order chi connectivity index (χ0) is 16.1. The molecular formula is C18H25N3O2. The van der Waals surface area contributed by atoms with Gasteiger partial charge in [0.25, 0.3) is 0 Å². The topological polar surface area (TPSA) is 61.4 Å². The Morgan fingerprint density at radius 2 is 2.00 bits per heavy atom. The van der Waals surface area contributed by atoms with Crippen LogP contribution in [0.5, 0.6) is 0 Å². The number of hydrogen-bond donors (Lipinski definition) is 2. The van der Waals surface area contributed by atoms with Gasteiger partial charge in [0.1, 0.15) is 0 Å². The van der Waals surface area contributed by atoms with Crippen molar-refractivity contribution in [3.8, 4) is 0 Å². The third-order valence-electron chi connectivity index (χ3n) is 4.54. The third kappa shape index (κ3) is 4.79. The van der Waals surface area contributed by atoms with Crippen LogP contribution >= 0.6 is 0 Å². The fraction of sp³-hybridized carbons (Fsp3) is 0.556. The summed E-state index contributed by atoms with van der Waals surface area (Å²) in [5.74, 6) is 1.03. The molecule has 2 N–H and O–H groups in total. The van der Waals surface area contributed by atoms with Gasteiger partial charge < -0.3 is 15.5 Å². The summed E-state index contributed by atoms with van der Waals surface area (Å²) in [5.41, 5.74) is 2.21. The van der Waals surface area contributed by atoms with E-state index in [0.717, 1.165) is 36.6 Å². The second kappa shape index (κ2) is 7.59. The quantitative estimate of drug-likeness (QED) is 0.763. The van der Waals surface area contributed by atoms with Gasteiger partial charge in [-0.3, -0.25) is 9.59 Å². The normalized spacial score (nSPS) is 17.6. The largest absolute Gasteiger partial charge is 0.351 e. The Morgan fingerprint density at radius 3 is 2.70 bits per heavy atom. The van der Waals surface area contributed by atoms with Crippen molar-refractivity contribution in [1.82, 2.24) is 15.5 Å². The van der Waals surface area contributed by atoms with E-state index in [1.807, 2.05) is 29.2 Å². The second-order valence-corrected chi connectivity index (χ2v) is 6.54. The molecule has 3 rings (SSSR count). The van der Waals surface area contributed by atoms with Crippen LogP contribution in [0, 0.1) is 5.92 Å². The molecule has 1 saturated carbocycles. The number of benzene rings is 1. The highest BCUT2D eigenvalue weighted by Gasteiger charge is 2.21. The zero-order valence-corrected chi connectivity index (χ0v) is 13.5. The van der Waals surface area contributed by atoms with Crippen LogP contribution in [0.1, 0.15) is 36.8 Å². The monoisotopic (exact) mass is 315 g/mol. The van der Waals surface area contributed by atoms with Crippen molar-refractivity contribution < 1.29 is 9.59 Å². The number of carbonyl (C=O) groups excluding carboxylic acids is 2. The van der Waals surface area contributed by atoms with Gasteiger partial charge >= 0.3 is 0 Å². The van der Waals surface area contributed by atoms with Gasteiger partial charge in [-0.05, 0) is 42.9 Å². The third-order valence-corrected chi connectivity index (χ3v) is 4.54. The lowest BCUT2D eigenvalue weighted by Gasteiger charge is -2.18. The summed E-state index contributed by atoms with van der Waals surface area (Å²) in [7, 11) is 0. The van der Waals surface area contributed by atoms with Gasteiger partial charge in [0.2, 0.25) is 11.8 Å². The van der Waals surface area contributed by atoms with E-state index in [1.54, 1.807) is 0 Å². The Hall–Kier alpha value is -1.88. The highest BCUT2D eigenvalue weighted by molar-refractivity contribution is 5.78. The maximum atomic E-state index is 11.9. The van der Waals surface area contributed by atoms with Gasteiger partial charge in [0, 0.05) is 26.1 Å². The number of likely N-dealkylation sites (tertiary alicyclic amines) is 1. The van der Waals surface area contributed by atoms with E-state index in [4.69, 9.17) is 0 Å². The molecule has 0 aromatic heterocycles. The number of nitrogens with one attached hydrogen (secondary N) is 2. The first-order valence-electron chi connectivity index (χ1n) is 8.54. The van der Waals surface area contributed by atoms with Crippen molar-refractivity contribution in [2.75, 3.05) is 19.6 Å². The SMILES string of the molecule is O=C(CNCC1CC1)NCc1ccccc1CN1CCCC1=O. The number of nitrogens with zero attached hydrogens (tertiary/aromatic N) is 1. The van der Waals surface area contributed by atoms with E-state index in [1.165, 1.54) is 12.8 Å². The van der Waals surface area contributed by atoms with E-state index in [0.29, 0.717) is 26.1 Å². The number of carbonyl (C=O) groups is 2. The lowest BCUT2D eigenvalue weighted by Crippen LogP contribution is -2.34. The van der Waals surface area contributed by atoms with E-state index in [9.17, 15) is 9.59 Å². The van der Waals surface area contributed by atoms with Crippen LogP contribution in [0.2, 0.25) is 0 Å². The van der Waals surface area contributed by atoms with E-state index in [2.05, 4.69) is 10.6 Å². The lowest BCUT2D eigenvalue weighted by molar-refractivity contribution is -0.128. The van der Waals surface area contributed by atoms with Crippen LogP contribution in [-0.2, 0) is 22.7 Å². The van der Waals surface area contributed by atoms with E-state index < -0.39 is 0 Å². The number of amides is 2. The maximum absolute atomic E-state index is 11.9. The highest BCUT2D eigenvalue weighted by atomic mass is 16.2. The number of hydrogen-bond acceptors (Lipinski definition) is 3. The van der Waals surface area contributed by atoms with Gasteiger partial charge in [-0.2, -0.15) is 0 Å². The van der Waals surface area contributed by atoms with Crippen molar-refractivity contribution in [2.45, 2.75) is 38.8 Å². The highest BCUT2D eigenvalue weighted by Crippen LogP contribution is 2.27. The lowest BCUT2D eigenvalue weighted by atomic mass is 10.1. The van der Waals surface area contributed by atoms with Gasteiger partial charge in [-0.25, -0.2) is 0 Å². The first-order valence-corrected chi connectivity index (χ1v) is 8.54. The molecule has 5 heteroatoms. The molecule has 1 saturated heterocycles. The molecule has 1 aromatic rings. The Bertz CT molecular complexity index is 569. The summed E-state index contributed by atoms with van der Waals surface area (Å²) < 4.78 is 0. The Kier molecular flexibility index (Phi) is 5.28. The molecule has 0 unspecified atom stereocenters. The van der Waals surface area contributed by atoms with Crippen LogP contribution in [-0.4, -0.2) is 36.3 Å². The van der Waals surface area contributed by atoms with Crippen LogP contribution in [0.3, 0.4) is 0 Å². The van der Waals surface area contributed by atoms with Crippen LogP contribution < -0.4 is 10.6 Å². The molecule has 2 fully saturated rings. The fourth-order valence-electron chi connectivity index (χ4n) is 2.93. The molecule has 1 aliphatic heterocycles. The minimum Gasteiger partial charge on any atom is -0.351 e. The van der Waals surface area contributed by atoms with Crippen molar-refractivity contribution >= 4 is 11.8 Å². The molecule has 0 radical (unpaired) electrons. The Balaban J connectivity index is 1.48. The molecule has 23 heavy (non-hydrogen) atoms. The summed E-state index contributed by atoms with van der Waals surface area (Å²) >= 11 is 0.